The van der Waals surface area contributed by atoms with Crippen LogP contribution in [0.5, 0.6) is 17.2 Å². The molecule has 2 rings (SSSR count). The first kappa shape index (κ1) is 18.9. The molecule has 1 atom stereocenters. The van der Waals surface area contributed by atoms with E-state index in [9.17, 15) is 14.7 Å². The third kappa shape index (κ3) is 3.97. The SMILES string of the molecule is COc1cc(CCC(=O)N2CCC(C)(C(=O)O)C2)cc(OC)c1OC. The van der Waals surface area contributed by atoms with Gasteiger partial charge in [-0.15, -0.1) is 0 Å². The van der Waals surface area contributed by atoms with E-state index >= 15 is 0 Å². The number of likely N-dealkylation sites (tertiary alicyclic amines) is 1. The van der Waals surface area contributed by atoms with Crippen LogP contribution in [-0.2, 0) is 16.0 Å². The molecule has 7 heteroatoms. The molecule has 0 spiro atoms. The molecule has 25 heavy (non-hydrogen) atoms. The molecule has 1 fully saturated rings. The number of ether oxygens (including phenoxy) is 3. The summed E-state index contributed by atoms with van der Waals surface area (Å²) in [4.78, 5) is 25.3. The Morgan fingerprint density at radius 3 is 2.20 bits per heavy atom. The maximum absolute atomic E-state index is 12.4. The van der Waals surface area contributed by atoms with Crippen LogP contribution in [0.15, 0.2) is 12.1 Å². The van der Waals surface area contributed by atoms with Gasteiger partial charge in [-0.25, -0.2) is 0 Å². The second kappa shape index (κ2) is 7.63. The number of aliphatic carboxylic acids is 1. The van der Waals surface area contributed by atoms with E-state index in [4.69, 9.17) is 14.2 Å². The molecule has 0 bridgehead atoms. The summed E-state index contributed by atoms with van der Waals surface area (Å²) >= 11 is 0. The first-order chi connectivity index (χ1) is 11.8. The van der Waals surface area contributed by atoms with Crippen molar-refractivity contribution in [2.75, 3.05) is 34.4 Å². The molecule has 1 aromatic rings. The standard InChI is InChI=1S/C18H25NO6/c1-18(17(21)22)7-8-19(11-18)15(20)6-5-12-9-13(23-2)16(25-4)14(10-12)24-3/h9-10H,5-8,11H2,1-4H3,(H,21,22). The maximum atomic E-state index is 12.4. The van der Waals surface area contributed by atoms with E-state index < -0.39 is 11.4 Å². The number of carboxylic acid groups (broad SMARTS) is 1. The van der Waals surface area contributed by atoms with Gasteiger partial charge in [-0.05, 0) is 37.5 Å². The Balaban J connectivity index is 2.04. The molecule has 138 valence electrons. The van der Waals surface area contributed by atoms with E-state index in [-0.39, 0.29) is 12.5 Å². The normalized spacial score (nSPS) is 19.6. The molecule has 1 unspecified atom stereocenters. The number of hydrogen-bond donors (Lipinski definition) is 1. The topological polar surface area (TPSA) is 85.3 Å². The number of carboxylic acids is 1. The molecule has 0 aromatic heterocycles. The van der Waals surface area contributed by atoms with Crippen molar-refractivity contribution < 1.29 is 28.9 Å². The number of amides is 1. The highest BCUT2D eigenvalue weighted by Crippen LogP contribution is 2.38. The van der Waals surface area contributed by atoms with Crippen molar-refractivity contribution in [3.05, 3.63) is 17.7 Å². The van der Waals surface area contributed by atoms with Crippen LogP contribution in [0.2, 0.25) is 0 Å². The minimum atomic E-state index is -0.854. The number of carbonyl (C=O) groups excluding carboxylic acids is 1. The van der Waals surface area contributed by atoms with Crippen LogP contribution < -0.4 is 14.2 Å². The van der Waals surface area contributed by atoms with Crippen molar-refractivity contribution in [2.45, 2.75) is 26.2 Å². The molecule has 1 aliphatic heterocycles. The van der Waals surface area contributed by atoms with Gasteiger partial charge in [-0.2, -0.15) is 0 Å². The highest BCUT2D eigenvalue weighted by molar-refractivity contribution is 5.80. The summed E-state index contributed by atoms with van der Waals surface area (Å²) in [5.74, 6) is 0.704. The van der Waals surface area contributed by atoms with Gasteiger partial charge in [0.25, 0.3) is 0 Å². The van der Waals surface area contributed by atoms with E-state index in [1.807, 2.05) is 12.1 Å². The van der Waals surface area contributed by atoms with E-state index in [0.29, 0.717) is 43.1 Å². The van der Waals surface area contributed by atoms with Gasteiger partial charge in [0.2, 0.25) is 11.7 Å². The zero-order valence-corrected chi connectivity index (χ0v) is 15.1. The fourth-order valence-corrected chi connectivity index (χ4v) is 3.04. The summed E-state index contributed by atoms with van der Waals surface area (Å²) in [5, 5.41) is 9.27. The van der Waals surface area contributed by atoms with Crippen molar-refractivity contribution in [3.8, 4) is 17.2 Å². The van der Waals surface area contributed by atoms with Gasteiger partial charge in [0, 0.05) is 19.5 Å². The van der Waals surface area contributed by atoms with Crippen LogP contribution >= 0.6 is 0 Å². The number of rotatable bonds is 7. The number of nitrogens with zero attached hydrogens (tertiary/aromatic N) is 1. The number of carbonyl (C=O) groups is 2. The minimum Gasteiger partial charge on any atom is -0.493 e. The van der Waals surface area contributed by atoms with Crippen LogP contribution in [0.25, 0.3) is 0 Å². The van der Waals surface area contributed by atoms with Crippen LogP contribution in [0.3, 0.4) is 0 Å². The minimum absolute atomic E-state index is 0.0428. The van der Waals surface area contributed by atoms with E-state index in [1.165, 1.54) is 7.11 Å². The van der Waals surface area contributed by atoms with Crippen molar-refractivity contribution >= 4 is 11.9 Å². The second-order valence-electron chi connectivity index (χ2n) is 6.46. The van der Waals surface area contributed by atoms with Gasteiger partial charge in [0.15, 0.2) is 11.5 Å². The summed E-state index contributed by atoms with van der Waals surface area (Å²) in [6, 6.07) is 3.64. The number of benzene rings is 1. The Bertz CT molecular complexity index is 634. The Labute approximate surface area is 147 Å². The van der Waals surface area contributed by atoms with Crippen LogP contribution in [-0.4, -0.2) is 56.3 Å². The lowest BCUT2D eigenvalue weighted by atomic mass is 9.90. The monoisotopic (exact) mass is 351 g/mol. The zero-order chi connectivity index (χ0) is 18.6. The number of aryl methyl sites for hydroxylation is 1. The molecule has 1 N–H and O–H groups in total. The van der Waals surface area contributed by atoms with Gasteiger partial charge in [-0.3, -0.25) is 9.59 Å². The summed E-state index contributed by atoms with van der Waals surface area (Å²) in [7, 11) is 4.63. The average Bonchev–Trinajstić information content (AvgIpc) is 3.02. The fraction of sp³-hybridized carbons (Fsp3) is 0.556. The third-order valence-corrected chi connectivity index (χ3v) is 4.69. The Morgan fingerprint density at radius 1 is 1.16 bits per heavy atom. The molecular weight excluding hydrogens is 326 g/mol. The molecule has 0 saturated carbocycles. The Morgan fingerprint density at radius 2 is 1.76 bits per heavy atom. The van der Waals surface area contributed by atoms with Crippen molar-refractivity contribution in [2.24, 2.45) is 5.41 Å². The van der Waals surface area contributed by atoms with Crippen molar-refractivity contribution in [1.29, 1.82) is 0 Å². The summed E-state index contributed by atoms with van der Waals surface area (Å²) < 4.78 is 15.9. The molecule has 1 aromatic carbocycles. The van der Waals surface area contributed by atoms with Gasteiger partial charge in [-0.1, -0.05) is 0 Å². The maximum Gasteiger partial charge on any atom is 0.311 e. The largest absolute Gasteiger partial charge is 0.493 e. The lowest BCUT2D eigenvalue weighted by molar-refractivity contribution is -0.147. The van der Waals surface area contributed by atoms with Gasteiger partial charge >= 0.3 is 5.97 Å². The van der Waals surface area contributed by atoms with Crippen molar-refractivity contribution in [1.82, 2.24) is 4.90 Å². The highest BCUT2D eigenvalue weighted by atomic mass is 16.5. The van der Waals surface area contributed by atoms with Crippen LogP contribution in [0, 0.1) is 5.41 Å². The molecule has 1 heterocycles. The molecule has 1 aliphatic rings. The quantitative estimate of drug-likeness (QED) is 0.808. The molecule has 0 radical (unpaired) electrons. The summed E-state index contributed by atoms with van der Waals surface area (Å²) in [6.07, 6.45) is 1.29. The predicted molar refractivity (Wildman–Crippen MR) is 91.4 cm³/mol. The molecular formula is C18H25NO6. The van der Waals surface area contributed by atoms with Crippen LogP contribution in [0.4, 0.5) is 0 Å². The fourth-order valence-electron chi connectivity index (χ4n) is 3.04. The second-order valence-corrected chi connectivity index (χ2v) is 6.46. The van der Waals surface area contributed by atoms with E-state index in [1.54, 1.807) is 26.0 Å². The molecule has 1 amide bonds. The highest BCUT2D eigenvalue weighted by Gasteiger charge is 2.41. The van der Waals surface area contributed by atoms with E-state index in [2.05, 4.69) is 0 Å². The molecule has 1 saturated heterocycles. The Hall–Kier alpha value is -2.44. The summed E-state index contributed by atoms with van der Waals surface area (Å²) in [5.41, 5.74) is 0.0467. The van der Waals surface area contributed by atoms with Gasteiger partial charge in [0.05, 0.1) is 26.7 Å². The zero-order valence-electron chi connectivity index (χ0n) is 15.1. The summed E-state index contributed by atoms with van der Waals surface area (Å²) in [6.45, 7) is 2.43. The molecule has 0 aliphatic carbocycles. The Kier molecular flexibility index (Phi) is 5.77. The predicted octanol–water partition coefficient (Wildman–Crippen LogP) is 1.97. The van der Waals surface area contributed by atoms with Crippen LogP contribution in [0.1, 0.15) is 25.3 Å². The first-order valence-corrected chi connectivity index (χ1v) is 8.14. The lowest BCUT2D eigenvalue weighted by Crippen LogP contribution is -2.34. The van der Waals surface area contributed by atoms with Gasteiger partial charge in [0.1, 0.15) is 0 Å². The van der Waals surface area contributed by atoms with Gasteiger partial charge < -0.3 is 24.2 Å². The average molecular weight is 351 g/mol. The first-order valence-electron chi connectivity index (χ1n) is 8.14. The molecule has 7 nitrogen and oxygen atoms in total. The third-order valence-electron chi connectivity index (χ3n) is 4.69. The smallest absolute Gasteiger partial charge is 0.311 e. The number of hydrogen-bond acceptors (Lipinski definition) is 5. The van der Waals surface area contributed by atoms with E-state index in [0.717, 1.165) is 5.56 Å². The number of methoxy groups -OCH3 is 3. The van der Waals surface area contributed by atoms with Crippen molar-refractivity contribution in [3.63, 3.8) is 0 Å². The lowest BCUT2D eigenvalue weighted by Gasteiger charge is -2.20.